The molecule has 0 aromatic heterocycles. The summed E-state index contributed by atoms with van der Waals surface area (Å²) in [5.41, 5.74) is -3.32. The summed E-state index contributed by atoms with van der Waals surface area (Å²) in [4.78, 5) is 0. The molecule has 0 saturated carbocycles. The van der Waals surface area contributed by atoms with Crippen LogP contribution in [-0.2, 0) is 15.4 Å². The van der Waals surface area contributed by atoms with E-state index in [1.54, 1.807) is 13.0 Å². The molecule has 20 heavy (non-hydrogen) atoms. The van der Waals surface area contributed by atoms with Crippen molar-refractivity contribution in [2.45, 2.75) is 25.4 Å². The SMILES string of the molecule is CCC(O)(c1ccccc1F)C1(C#N)CCS(=O)(=O)C1. The quantitative estimate of drug-likeness (QED) is 0.922. The molecule has 1 fully saturated rings. The highest BCUT2D eigenvalue weighted by molar-refractivity contribution is 7.91. The highest BCUT2D eigenvalue weighted by Gasteiger charge is 2.57. The first-order chi connectivity index (χ1) is 9.30. The zero-order chi connectivity index (χ0) is 15.0. The molecule has 2 unspecified atom stereocenters. The van der Waals surface area contributed by atoms with Crippen molar-refractivity contribution < 1.29 is 17.9 Å². The number of sulfone groups is 1. The molecule has 2 atom stereocenters. The van der Waals surface area contributed by atoms with Crippen molar-refractivity contribution >= 4 is 9.84 Å². The highest BCUT2D eigenvalue weighted by Crippen LogP contribution is 2.49. The van der Waals surface area contributed by atoms with E-state index in [1.165, 1.54) is 18.2 Å². The van der Waals surface area contributed by atoms with Gasteiger partial charge in [0.2, 0.25) is 0 Å². The molecule has 6 heteroatoms. The van der Waals surface area contributed by atoms with Crippen LogP contribution in [0.4, 0.5) is 4.39 Å². The van der Waals surface area contributed by atoms with Crippen molar-refractivity contribution in [3.63, 3.8) is 0 Å². The van der Waals surface area contributed by atoms with Crippen molar-refractivity contribution in [2.75, 3.05) is 11.5 Å². The molecule has 1 heterocycles. The fourth-order valence-corrected chi connectivity index (χ4v) is 4.94. The second kappa shape index (κ2) is 4.83. The van der Waals surface area contributed by atoms with Crippen LogP contribution in [0.15, 0.2) is 24.3 Å². The van der Waals surface area contributed by atoms with E-state index in [-0.39, 0.29) is 24.2 Å². The van der Waals surface area contributed by atoms with Gasteiger partial charge in [-0.05, 0) is 18.9 Å². The van der Waals surface area contributed by atoms with Crippen LogP contribution in [0.1, 0.15) is 25.3 Å². The minimum Gasteiger partial charge on any atom is -0.383 e. The normalized spacial score (nSPS) is 27.7. The van der Waals surface area contributed by atoms with Gasteiger partial charge < -0.3 is 5.11 Å². The number of aliphatic hydroxyl groups is 1. The summed E-state index contributed by atoms with van der Waals surface area (Å²) in [6.07, 6.45) is 0.0848. The molecule has 1 aliphatic heterocycles. The van der Waals surface area contributed by atoms with Gasteiger partial charge in [-0.2, -0.15) is 5.26 Å². The van der Waals surface area contributed by atoms with E-state index in [0.717, 1.165) is 0 Å². The number of halogens is 1. The third-order valence-corrected chi connectivity index (χ3v) is 5.90. The smallest absolute Gasteiger partial charge is 0.152 e. The van der Waals surface area contributed by atoms with Gasteiger partial charge in [-0.25, -0.2) is 12.8 Å². The zero-order valence-electron chi connectivity index (χ0n) is 11.1. The van der Waals surface area contributed by atoms with E-state index < -0.39 is 32.4 Å². The molecule has 1 aromatic rings. The molecule has 0 amide bonds. The Labute approximate surface area is 117 Å². The van der Waals surface area contributed by atoms with Gasteiger partial charge in [-0.1, -0.05) is 25.1 Å². The molecule has 0 spiro atoms. The Balaban J connectivity index is 2.62. The minimum atomic E-state index is -3.39. The molecular weight excluding hydrogens is 281 g/mol. The topological polar surface area (TPSA) is 78.2 Å². The first kappa shape index (κ1) is 14.9. The Morgan fingerprint density at radius 3 is 2.60 bits per heavy atom. The largest absolute Gasteiger partial charge is 0.383 e. The summed E-state index contributed by atoms with van der Waals surface area (Å²) in [7, 11) is -3.39. The molecule has 1 aliphatic rings. The summed E-state index contributed by atoms with van der Waals surface area (Å²) in [6.45, 7) is 1.62. The van der Waals surface area contributed by atoms with Crippen LogP contribution >= 0.6 is 0 Å². The Bertz CT molecular complexity index is 667. The van der Waals surface area contributed by atoms with Gasteiger partial charge in [0, 0.05) is 5.56 Å². The van der Waals surface area contributed by atoms with Gasteiger partial charge in [0.1, 0.15) is 16.8 Å². The van der Waals surface area contributed by atoms with Crippen LogP contribution in [0.25, 0.3) is 0 Å². The summed E-state index contributed by atoms with van der Waals surface area (Å²) in [5.74, 6) is -1.22. The summed E-state index contributed by atoms with van der Waals surface area (Å²) >= 11 is 0. The maximum atomic E-state index is 14.0. The lowest BCUT2D eigenvalue weighted by Crippen LogP contribution is -2.46. The molecule has 0 bridgehead atoms. The van der Waals surface area contributed by atoms with E-state index in [4.69, 9.17) is 0 Å². The zero-order valence-corrected chi connectivity index (χ0v) is 12.0. The van der Waals surface area contributed by atoms with Crippen molar-refractivity contribution in [3.05, 3.63) is 35.6 Å². The van der Waals surface area contributed by atoms with Gasteiger partial charge in [0.05, 0.1) is 17.6 Å². The van der Waals surface area contributed by atoms with E-state index in [9.17, 15) is 23.2 Å². The van der Waals surface area contributed by atoms with E-state index in [1.807, 2.05) is 6.07 Å². The summed E-state index contributed by atoms with van der Waals surface area (Å²) < 4.78 is 37.5. The van der Waals surface area contributed by atoms with Crippen molar-refractivity contribution in [1.29, 1.82) is 5.26 Å². The number of rotatable bonds is 3. The second-order valence-electron chi connectivity index (χ2n) is 5.23. The van der Waals surface area contributed by atoms with Crippen LogP contribution in [0, 0.1) is 22.6 Å². The Hall–Kier alpha value is -1.45. The molecule has 108 valence electrons. The second-order valence-corrected chi connectivity index (χ2v) is 7.41. The van der Waals surface area contributed by atoms with Crippen LogP contribution < -0.4 is 0 Å². The van der Waals surface area contributed by atoms with Gasteiger partial charge in [-0.15, -0.1) is 0 Å². The predicted molar refractivity (Wildman–Crippen MR) is 71.9 cm³/mol. The lowest BCUT2D eigenvalue weighted by molar-refractivity contribution is -0.0561. The van der Waals surface area contributed by atoms with E-state index in [2.05, 4.69) is 0 Å². The van der Waals surface area contributed by atoms with Gasteiger partial charge in [0.15, 0.2) is 9.84 Å². The van der Waals surface area contributed by atoms with Crippen LogP contribution in [0.3, 0.4) is 0 Å². The number of benzene rings is 1. The number of nitriles is 1. The van der Waals surface area contributed by atoms with Crippen molar-refractivity contribution in [2.24, 2.45) is 5.41 Å². The Morgan fingerprint density at radius 1 is 1.50 bits per heavy atom. The fraction of sp³-hybridized carbons (Fsp3) is 0.500. The molecule has 1 saturated heterocycles. The molecule has 0 radical (unpaired) electrons. The van der Waals surface area contributed by atoms with E-state index >= 15 is 0 Å². The van der Waals surface area contributed by atoms with Crippen LogP contribution in [-0.4, -0.2) is 25.0 Å². The number of nitrogens with zero attached hydrogens (tertiary/aromatic N) is 1. The van der Waals surface area contributed by atoms with Crippen LogP contribution in [0.5, 0.6) is 0 Å². The van der Waals surface area contributed by atoms with Crippen molar-refractivity contribution in [3.8, 4) is 6.07 Å². The third-order valence-electron chi connectivity index (χ3n) is 4.14. The van der Waals surface area contributed by atoms with Gasteiger partial charge >= 0.3 is 0 Å². The Morgan fingerprint density at radius 2 is 2.15 bits per heavy atom. The monoisotopic (exact) mass is 297 g/mol. The van der Waals surface area contributed by atoms with Crippen molar-refractivity contribution in [1.82, 2.24) is 0 Å². The molecular formula is C14H16FNO3S. The van der Waals surface area contributed by atoms with Crippen LogP contribution in [0.2, 0.25) is 0 Å². The molecule has 2 rings (SSSR count). The molecule has 1 N–H and O–H groups in total. The van der Waals surface area contributed by atoms with Gasteiger partial charge in [-0.3, -0.25) is 0 Å². The van der Waals surface area contributed by atoms with E-state index in [0.29, 0.717) is 0 Å². The molecule has 0 aliphatic carbocycles. The summed E-state index contributed by atoms with van der Waals surface area (Å²) in [5, 5.41) is 20.4. The maximum absolute atomic E-state index is 14.0. The minimum absolute atomic E-state index is 0.0128. The lowest BCUT2D eigenvalue weighted by atomic mass is 9.67. The fourth-order valence-electron chi connectivity index (χ4n) is 2.94. The Kier molecular flexibility index (Phi) is 3.61. The average Bonchev–Trinajstić information content (AvgIpc) is 2.75. The standard InChI is InChI=1S/C14H16FNO3S/c1-2-14(17,11-5-3-4-6-12(11)15)13(9-16)7-8-20(18,19)10-13/h3-6,17H,2,7-8,10H2,1H3. The molecule has 1 aromatic carbocycles. The predicted octanol–water partition coefficient (Wildman–Crippen LogP) is 1.75. The molecule has 4 nitrogen and oxygen atoms in total. The summed E-state index contributed by atoms with van der Waals surface area (Å²) in [6, 6.07) is 7.61. The number of hydrogen-bond acceptors (Lipinski definition) is 4. The highest BCUT2D eigenvalue weighted by atomic mass is 32.2. The van der Waals surface area contributed by atoms with Gasteiger partial charge in [0.25, 0.3) is 0 Å². The number of hydrogen-bond donors (Lipinski definition) is 1. The maximum Gasteiger partial charge on any atom is 0.152 e. The average molecular weight is 297 g/mol. The lowest BCUT2D eigenvalue weighted by Gasteiger charge is -2.39. The third kappa shape index (κ3) is 2.11. The first-order valence-corrected chi connectivity index (χ1v) is 8.21. The first-order valence-electron chi connectivity index (χ1n) is 6.39.